The molecule has 0 spiro atoms. The van der Waals surface area contributed by atoms with Gasteiger partial charge in [-0.05, 0) is 42.0 Å². The van der Waals surface area contributed by atoms with Crippen molar-refractivity contribution in [2.75, 3.05) is 7.11 Å². The third-order valence-electron chi connectivity index (χ3n) is 5.76. The maximum Gasteiger partial charge on any atom is 0.337 e. The summed E-state index contributed by atoms with van der Waals surface area (Å²) in [6, 6.07) is 10.1. The van der Waals surface area contributed by atoms with E-state index in [1.54, 1.807) is 31.4 Å². The summed E-state index contributed by atoms with van der Waals surface area (Å²) in [5.74, 6) is 0.564. The highest BCUT2D eigenvalue weighted by molar-refractivity contribution is 6.03. The van der Waals surface area contributed by atoms with Crippen LogP contribution in [-0.4, -0.2) is 37.4 Å². The Kier molecular flexibility index (Phi) is 7.00. The second-order valence-corrected chi connectivity index (χ2v) is 7.98. The van der Waals surface area contributed by atoms with Crippen molar-refractivity contribution in [3.63, 3.8) is 0 Å². The molecule has 36 heavy (non-hydrogen) atoms. The summed E-state index contributed by atoms with van der Waals surface area (Å²) < 4.78 is 13.1. The van der Waals surface area contributed by atoms with Crippen molar-refractivity contribution in [2.24, 2.45) is 5.10 Å². The Morgan fingerprint density at radius 1 is 1.03 bits per heavy atom. The van der Waals surface area contributed by atoms with Crippen molar-refractivity contribution in [1.29, 1.82) is 0 Å². The van der Waals surface area contributed by atoms with Crippen molar-refractivity contribution in [3.05, 3.63) is 111 Å². The van der Waals surface area contributed by atoms with Crippen molar-refractivity contribution in [3.8, 4) is 5.75 Å². The van der Waals surface area contributed by atoms with E-state index in [4.69, 9.17) is 9.15 Å². The molecule has 11 heteroatoms. The number of aromatic nitrogens is 3. The lowest BCUT2D eigenvalue weighted by Gasteiger charge is -2.20. The molecule has 1 aliphatic heterocycles. The van der Waals surface area contributed by atoms with Gasteiger partial charge in [-0.15, -0.1) is 13.2 Å². The van der Waals surface area contributed by atoms with E-state index in [0.29, 0.717) is 23.6 Å². The number of furan rings is 1. The van der Waals surface area contributed by atoms with Crippen molar-refractivity contribution in [1.82, 2.24) is 18.7 Å². The van der Waals surface area contributed by atoms with Crippen LogP contribution in [0.3, 0.4) is 0 Å². The standard InChI is InChI=1S/C25H25N5O6/c1-4-12-27-23(32)28(13-5-2)25(34)29(24(27)33)16-22(31)30-20(21-7-6-14-36-21)15-19(26-30)17-8-10-18(35-3)11-9-17/h4-11,14,20H,1-2,12-13,15-16H2,3H3/t20-/m1/s1. The zero-order chi connectivity index (χ0) is 25.8. The lowest BCUT2D eigenvalue weighted by Crippen LogP contribution is -2.55. The zero-order valence-corrected chi connectivity index (χ0v) is 19.7. The molecule has 4 rings (SSSR count). The van der Waals surface area contributed by atoms with Crippen molar-refractivity contribution in [2.45, 2.75) is 32.1 Å². The minimum Gasteiger partial charge on any atom is -0.497 e. The van der Waals surface area contributed by atoms with E-state index in [0.717, 1.165) is 19.3 Å². The van der Waals surface area contributed by atoms with Crippen LogP contribution in [0.4, 0.5) is 0 Å². The predicted molar refractivity (Wildman–Crippen MR) is 132 cm³/mol. The van der Waals surface area contributed by atoms with Gasteiger partial charge in [-0.3, -0.25) is 4.79 Å². The normalized spacial score (nSPS) is 15.0. The number of rotatable bonds is 9. The first-order valence-corrected chi connectivity index (χ1v) is 11.1. The van der Waals surface area contributed by atoms with Gasteiger partial charge in [0, 0.05) is 6.42 Å². The third kappa shape index (κ3) is 4.50. The fraction of sp³-hybridized carbons (Fsp3) is 0.240. The van der Waals surface area contributed by atoms with Crippen LogP contribution in [0, 0.1) is 0 Å². The molecule has 0 saturated heterocycles. The van der Waals surface area contributed by atoms with Crippen LogP contribution >= 0.6 is 0 Å². The molecular weight excluding hydrogens is 466 g/mol. The Morgan fingerprint density at radius 2 is 1.64 bits per heavy atom. The molecule has 0 bridgehead atoms. The van der Waals surface area contributed by atoms with Gasteiger partial charge in [-0.1, -0.05) is 12.2 Å². The molecule has 0 aliphatic carbocycles. The molecule has 3 aromatic rings. The highest BCUT2D eigenvalue weighted by Crippen LogP contribution is 2.33. The fourth-order valence-corrected chi connectivity index (χ4v) is 4.00. The minimum atomic E-state index is -0.910. The average Bonchev–Trinajstić information content (AvgIpc) is 3.57. The van der Waals surface area contributed by atoms with Gasteiger partial charge in [-0.25, -0.2) is 33.1 Å². The van der Waals surface area contributed by atoms with E-state index in [1.165, 1.54) is 23.4 Å². The molecule has 11 nitrogen and oxygen atoms in total. The van der Waals surface area contributed by atoms with Crippen molar-refractivity contribution < 1.29 is 13.9 Å². The summed E-state index contributed by atoms with van der Waals surface area (Å²) in [5.41, 5.74) is -1.21. The zero-order valence-electron chi connectivity index (χ0n) is 19.7. The molecular formula is C25H25N5O6. The number of nitrogens with zero attached hydrogens (tertiary/aromatic N) is 5. The summed E-state index contributed by atoms with van der Waals surface area (Å²) in [6.07, 6.45) is 4.57. The number of benzene rings is 1. The number of hydrogen-bond acceptors (Lipinski definition) is 7. The van der Waals surface area contributed by atoms with Crippen LogP contribution in [0.2, 0.25) is 0 Å². The summed E-state index contributed by atoms with van der Waals surface area (Å²) in [4.78, 5) is 52.0. The third-order valence-corrected chi connectivity index (χ3v) is 5.76. The van der Waals surface area contributed by atoms with E-state index in [-0.39, 0.29) is 13.1 Å². The van der Waals surface area contributed by atoms with Crippen LogP contribution in [0.15, 0.2) is 91.9 Å². The van der Waals surface area contributed by atoms with Crippen LogP contribution in [-0.2, 0) is 24.4 Å². The van der Waals surface area contributed by atoms with E-state index >= 15 is 0 Å². The minimum absolute atomic E-state index is 0.123. The number of ether oxygens (including phenoxy) is 1. The molecule has 3 heterocycles. The maximum atomic E-state index is 13.4. The Morgan fingerprint density at radius 3 is 2.17 bits per heavy atom. The highest BCUT2D eigenvalue weighted by Gasteiger charge is 2.35. The molecule has 0 fully saturated rings. The Bertz CT molecular complexity index is 1440. The molecule has 1 aromatic carbocycles. The maximum absolute atomic E-state index is 13.4. The van der Waals surface area contributed by atoms with Gasteiger partial charge in [-0.2, -0.15) is 5.10 Å². The Labute approximate surface area is 205 Å². The summed E-state index contributed by atoms with van der Waals surface area (Å²) in [6.45, 7) is 6.23. The second kappa shape index (κ2) is 10.3. The summed E-state index contributed by atoms with van der Waals surface area (Å²) >= 11 is 0. The first kappa shape index (κ1) is 24.5. The highest BCUT2D eigenvalue weighted by atomic mass is 16.5. The van der Waals surface area contributed by atoms with E-state index in [9.17, 15) is 19.2 Å². The number of carbonyl (C=O) groups is 1. The van der Waals surface area contributed by atoms with Crippen LogP contribution in [0.5, 0.6) is 5.75 Å². The summed E-state index contributed by atoms with van der Waals surface area (Å²) in [5, 5.41) is 5.73. The number of carbonyl (C=O) groups excluding carboxylic acids is 1. The first-order chi connectivity index (χ1) is 17.4. The number of amides is 1. The molecule has 1 atom stereocenters. The van der Waals surface area contributed by atoms with E-state index < -0.39 is 35.6 Å². The average molecular weight is 492 g/mol. The number of methoxy groups -OCH3 is 1. The molecule has 2 aromatic heterocycles. The van der Waals surface area contributed by atoms with Crippen LogP contribution < -0.4 is 21.8 Å². The first-order valence-electron chi connectivity index (χ1n) is 11.1. The molecule has 0 radical (unpaired) electrons. The second-order valence-electron chi connectivity index (χ2n) is 7.98. The lowest BCUT2D eigenvalue weighted by molar-refractivity contribution is -0.134. The topological polar surface area (TPSA) is 121 Å². The van der Waals surface area contributed by atoms with Crippen LogP contribution in [0.25, 0.3) is 0 Å². The van der Waals surface area contributed by atoms with Gasteiger partial charge in [0.1, 0.15) is 24.1 Å². The SMILES string of the molecule is C=CCn1c(=O)n(CC=C)c(=O)n(CC(=O)N2N=C(c3ccc(OC)cc3)C[C@@H]2c2ccco2)c1=O. The van der Waals surface area contributed by atoms with E-state index in [2.05, 4.69) is 18.3 Å². The van der Waals surface area contributed by atoms with Crippen molar-refractivity contribution >= 4 is 11.6 Å². The molecule has 1 aliphatic rings. The van der Waals surface area contributed by atoms with E-state index in [1.807, 2.05) is 12.1 Å². The Balaban J connectivity index is 1.74. The molecule has 186 valence electrons. The van der Waals surface area contributed by atoms with Gasteiger partial charge >= 0.3 is 17.1 Å². The molecule has 0 N–H and O–H groups in total. The molecule has 0 saturated carbocycles. The van der Waals surface area contributed by atoms with Gasteiger partial charge in [0.15, 0.2) is 0 Å². The van der Waals surface area contributed by atoms with Gasteiger partial charge < -0.3 is 9.15 Å². The smallest absolute Gasteiger partial charge is 0.337 e. The molecule has 1 amide bonds. The number of hydrazone groups is 1. The van der Waals surface area contributed by atoms with Gasteiger partial charge in [0.25, 0.3) is 5.91 Å². The quantitative estimate of drug-likeness (QED) is 0.419. The predicted octanol–water partition coefficient (Wildman–Crippen LogP) is 1.52. The molecule has 0 unspecified atom stereocenters. The van der Waals surface area contributed by atoms with Crippen LogP contribution in [0.1, 0.15) is 23.8 Å². The van der Waals surface area contributed by atoms with Gasteiger partial charge in [0.2, 0.25) is 0 Å². The lowest BCUT2D eigenvalue weighted by atomic mass is 10.0. The van der Waals surface area contributed by atoms with Gasteiger partial charge in [0.05, 0.1) is 32.2 Å². The Hall–Kier alpha value is -4.67. The summed E-state index contributed by atoms with van der Waals surface area (Å²) in [7, 11) is 1.57. The number of hydrogen-bond donors (Lipinski definition) is 0. The number of allylic oxidation sites excluding steroid dienone is 2. The largest absolute Gasteiger partial charge is 0.497 e. The fourth-order valence-electron chi connectivity index (χ4n) is 4.00. The monoisotopic (exact) mass is 491 g/mol.